The van der Waals surface area contributed by atoms with Gasteiger partial charge in [-0.3, -0.25) is 0 Å². The lowest BCUT2D eigenvalue weighted by atomic mass is 9.92. The Morgan fingerprint density at radius 1 is 1.00 bits per heavy atom. The smallest absolute Gasteiger partial charge is 0.227 e. The summed E-state index contributed by atoms with van der Waals surface area (Å²) in [5.41, 5.74) is 9.13. The fourth-order valence-corrected chi connectivity index (χ4v) is 5.12. The first-order chi connectivity index (χ1) is 16.2. The van der Waals surface area contributed by atoms with Crippen LogP contribution in [0.5, 0.6) is 5.75 Å². The van der Waals surface area contributed by atoms with Crippen LogP contribution in [0.3, 0.4) is 0 Å². The summed E-state index contributed by atoms with van der Waals surface area (Å²) >= 11 is 0. The Hall–Kier alpha value is -2.29. The predicted molar refractivity (Wildman–Crippen MR) is 146 cm³/mol. The number of hydrogen-bond acceptors (Lipinski definition) is 7. The molecule has 0 bridgehead atoms. The third-order valence-electron chi connectivity index (χ3n) is 7.11. The van der Waals surface area contributed by atoms with Gasteiger partial charge in [0.2, 0.25) is 5.95 Å². The highest BCUT2D eigenvalue weighted by Crippen LogP contribution is 2.33. The SMILES string of the molecule is COc1ccc(CCNc2nc(NC3CCC(N)CC3)nc3c2ncn3C2CCCC2)cc1.Cl.Cl. The second-order valence-corrected chi connectivity index (χ2v) is 9.44. The van der Waals surface area contributed by atoms with Gasteiger partial charge in [0, 0.05) is 24.7 Å². The Bertz CT molecular complexity index is 1060. The first-order valence-corrected chi connectivity index (χ1v) is 12.3. The lowest BCUT2D eigenvalue weighted by molar-refractivity contribution is 0.410. The molecule has 192 valence electrons. The highest BCUT2D eigenvalue weighted by molar-refractivity contribution is 5.86. The highest BCUT2D eigenvalue weighted by Gasteiger charge is 2.23. The number of nitrogens with one attached hydrogen (secondary N) is 2. The Labute approximate surface area is 219 Å². The molecule has 0 radical (unpaired) electrons. The summed E-state index contributed by atoms with van der Waals surface area (Å²) in [6.07, 6.45) is 12.0. The van der Waals surface area contributed by atoms with E-state index in [1.165, 1.54) is 31.2 Å². The van der Waals surface area contributed by atoms with Crippen LogP contribution in [-0.2, 0) is 6.42 Å². The van der Waals surface area contributed by atoms with E-state index in [2.05, 4.69) is 27.3 Å². The Morgan fingerprint density at radius 2 is 1.71 bits per heavy atom. The number of aromatic nitrogens is 4. The summed E-state index contributed by atoms with van der Waals surface area (Å²) < 4.78 is 7.52. The monoisotopic (exact) mass is 521 g/mol. The summed E-state index contributed by atoms with van der Waals surface area (Å²) in [5.74, 6) is 2.37. The topological polar surface area (TPSA) is 103 Å². The second kappa shape index (κ2) is 12.6. The molecule has 5 rings (SSSR count). The van der Waals surface area contributed by atoms with Crippen molar-refractivity contribution in [2.45, 2.75) is 75.9 Å². The third kappa shape index (κ3) is 6.48. The number of ether oxygens (including phenoxy) is 1. The minimum Gasteiger partial charge on any atom is -0.497 e. The molecule has 3 aromatic rings. The third-order valence-corrected chi connectivity index (χ3v) is 7.11. The van der Waals surface area contributed by atoms with Gasteiger partial charge < -0.3 is 25.7 Å². The number of anilines is 2. The summed E-state index contributed by atoms with van der Waals surface area (Å²) in [6.45, 7) is 0.770. The van der Waals surface area contributed by atoms with Gasteiger partial charge in [-0.25, -0.2) is 4.98 Å². The van der Waals surface area contributed by atoms with Crippen LogP contribution in [0.15, 0.2) is 30.6 Å². The second-order valence-electron chi connectivity index (χ2n) is 9.44. The molecular formula is C25H37Cl2N7O. The zero-order valence-corrected chi connectivity index (χ0v) is 21.9. The Balaban J connectivity index is 0.00000171. The molecule has 0 unspecified atom stereocenters. The van der Waals surface area contributed by atoms with E-state index in [-0.39, 0.29) is 24.8 Å². The fourth-order valence-electron chi connectivity index (χ4n) is 5.12. The van der Waals surface area contributed by atoms with E-state index in [0.29, 0.717) is 24.1 Å². The van der Waals surface area contributed by atoms with Crippen molar-refractivity contribution in [3.63, 3.8) is 0 Å². The number of nitrogens with two attached hydrogens (primary N) is 1. The molecule has 10 heteroatoms. The summed E-state index contributed by atoms with van der Waals surface area (Å²) in [6, 6.07) is 9.39. The number of nitrogens with zero attached hydrogens (tertiary/aromatic N) is 4. The number of halogens is 2. The van der Waals surface area contributed by atoms with Crippen LogP contribution in [-0.4, -0.2) is 45.3 Å². The largest absolute Gasteiger partial charge is 0.497 e. The van der Waals surface area contributed by atoms with Crippen LogP contribution in [0.1, 0.15) is 63.0 Å². The van der Waals surface area contributed by atoms with E-state index in [4.69, 9.17) is 25.4 Å². The van der Waals surface area contributed by atoms with Crippen LogP contribution < -0.4 is 21.1 Å². The number of imidazole rings is 1. The van der Waals surface area contributed by atoms with Crippen molar-refractivity contribution in [3.05, 3.63) is 36.2 Å². The molecular weight excluding hydrogens is 485 g/mol. The van der Waals surface area contributed by atoms with E-state index >= 15 is 0 Å². The van der Waals surface area contributed by atoms with Crippen molar-refractivity contribution < 1.29 is 4.74 Å². The molecule has 0 atom stereocenters. The maximum atomic E-state index is 6.10. The van der Waals surface area contributed by atoms with Crippen LogP contribution in [0, 0.1) is 0 Å². The van der Waals surface area contributed by atoms with E-state index < -0.39 is 0 Å². The summed E-state index contributed by atoms with van der Waals surface area (Å²) in [7, 11) is 1.69. The van der Waals surface area contributed by atoms with Crippen molar-refractivity contribution in [2.75, 3.05) is 24.3 Å². The molecule has 4 N–H and O–H groups in total. The van der Waals surface area contributed by atoms with Gasteiger partial charge >= 0.3 is 0 Å². The maximum Gasteiger partial charge on any atom is 0.227 e. The lowest BCUT2D eigenvalue weighted by Crippen LogP contribution is -2.33. The average Bonchev–Trinajstić information content (AvgIpc) is 3.51. The summed E-state index contributed by atoms with van der Waals surface area (Å²) in [4.78, 5) is 14.5. The molecule has 0 aliphatic heterocycles. The van der Waals surface area contributed by atoms with E-state index in [0.717, 1.165) is 61.4 Å². The number of benzene rings is 1. The van der Waals surface area contributed by atoms with Crippen molar-refractivity contribution >= 4 is 47.7 Å². The van der Waals surface area contributed by atoms with Gasteiger partial charge in [-0.15, -0.1) is 24.8 Å². The van der Waals surface area contributed by atoms with Crippen LogP contribution in [0.25, 0.3) is 11.2 Å². The quantitative estimate of drug-likeness (QED) is 0.377. The van der Waals surface area contributed by atoms with Crippen molar-refractivity contribution in [3.8, 4) is 5.75 Å². The summed E-state index contributed by atoms with van der Waals surface area (Å²) in [5, 5.41) is 7.12. The molecule has 1 aromatic carbocycles. The minimum absolute atomic E-state index is 0. The number of methoxy groups -OCH3 is 1. The number of fused-ring (bicyclic) bond motifs is 1. The van der Waals surface area contributed by atoms with Gasteiger partial charge in [0.25, 0.3) is 0 Å². The minimum atomic E-state index is 0. The molecule has 35 heavy (non-hydrogen) atoms. The van der Waals surface area contributed by atoms with Gasteiger partial charge in [0.15, 0.2) is 17.0 Å². The highest BCUT2D eigenvalue weighted by atomic mass is 35.5. The van der Waals surface area contributed by atoms with Gasteiger partial charge in [0.05, 0.1) is 13.4 Å². The standard InChI is InChI=1S/C25H35N7O.2ClH/c1-33-21-12-6-17(7-13-21)14-15-27-23-22-24(32(16-28-22)20-4-2-3-5-20)31-25(30-23)29-19-10-8-18(26)9-11-19;;/h6-7,12-13,16,18-20H,2-5,8-11,14-15,26H2,1H3,(H2,27,29,30,31);2*1H. The van der Waals surface area contributed by atoms with E-state index in [1.807, 2.05) is 18.5 Å². The molecule has 0 saturated heterocycles. The molecule has 0 spiro atoms. The fraction of sp³-hybridized carbons (Fsp3) is 0.560. The van der Waals surface area contributed by atoms with E-state index in [1.54, 1.807) is 7.11 Å². The molecule has 2 fully saturated rings. The number of hydrogen-bond donors (Lipinski definition) is 3. The maximum absolute atomic E-state index is 6.10. The van der Waals surface area contributed by atoms with Crippen LogP contribution >= 0.6 is 24.8 Å². The van der Waals surface area contributed by atoms with Crippen molar-refractivity contribution in [1.29, 1.82) is 0 Å². The molecule has 2 aliphatic carbocycles. The molecule has 2 aromatic heterocycles. The first kappa shape index (κ1) is 27.3. The predicted octanol–water partition coefficient (Wildman–Crippen LogP) is 5.13. The van der Waals surface area contributed by atoms with Gasteiger partial charge in [-0.05, 0) is 62.6 Å². The van der Waals surface area contributed by atoms with Crippen LogP contribution in [0.4, 0.5) is 11.8 Å². The van der Waals surface area contributed by atoms with Crippen molar-refractivity contribution in [2.24, 2.45) is 5.73 Å². The van der Waals surface area contributed by atoms with Crippen LogP contribution in [0.2, 0.25) is 0 Å². The van der Waals surface area contributed by atoms with Gasteiger partial charge in [-0.2, -0.15) is 9.97 Å². The first-order valence-electron chi connectivity index (χ1n) is 12.3. The molecule has 2 aliphatic rings. The molecule has 0 amide bonds. The van der Waals surface area contributed by atoms with Gasteiger partial charge in [0.1, 0.15) is 5.75 Å². The van der Waals surface area contributed by atoms with E-state index in [9.17, 15) is 0 Å². The molecule has 8 nitrogen and oxygen atoms in total. The van der Waals surface area contributed by atoms with Crippen molar-refractivity contribution in [1.82, 2.24) is 19.5 Å². The van der Waals surface area contributed by atoms with Gasteiger partial charge in [-0.1, -0.05) is 25.0 Å². The molecule has 2 heterocycles. The average molecular weight is 523 g/mol. The Kier molecular flexibility index (Phi) is 9.83. The molecule has 2 saturated carbocycles. The lowest BCUT2D eigenvalue weighted by Gasteiger charge is -2.27. The zero-order chi connectivity index (χ0) is 22.6. The number of rotatable bonds is 8. The zero-order valence-electron chi connectivity index (χ0n) is 20.3. The Morgan fingerprint density at radius 3 is 2.40 bits per heavy atom. The normalized spacial score (nSPS) is 20.2.